The highest BCUT2D eigenvalue weighted by molar-refractivity contribution is 5.14. The van der Waals surface area contributed by atoms with Crippen molar-refractivity contribution in [2.45, 2.75) is 45.3 Å². The van der Waals surface area contributed by atoms with Gasteiger partial charge in [0.15, 0.2) is 0 Å². The Kier molecular flexibility index (Phi) is 2.59. The van der Waals surface area contributed by atoms with E-state index in [1.54, 1.807) is 6.92 Å². The summed E-state index contributed by atoms with van der Waals surface area (Å²) in [7, 11) is 0. The Labute approximate surface area is 73.9 Å². The molecule has 0 unspecified atom stereocenters. The summed E-state index contributed by atoms with van der Waals surface area (Å²) in [5, 5.41) is 19.2. The zero-order valence-corrected chi connectivity index (χ0v) is 8.04. The van der Waals surface area contributed by atoms with Crippen molar-refractivity contribution in [2.75, 3.05) is 0 Å². The molecule has 1 aliphatic carbocycles. The van der Waals surface area contributed by atoms with Gasteiger partial charge in [-0.3, -0.25) is 0 Å². The van der Waals surface area contributed by atoms with Gasteiger partial charge in [-0.15, -0.1) is 0 Å². The van der Waals surface area contributed by atoms with Crippen LogP contribution in [-0.2, 0) is 0 Å². The molecule has 12 heavy (non-hydrogen) atoms. The van der Waals surface area contributed by atoms with Crippen LogP contribution in [0.5, 0.6) is 0 Å². The molecule has 2 heteroatoms. The minimum Gasteiger partial charge on any atom is -0.390 e. The van der Waals surface area contributed by atoms with Gasteiger partial charge in [0.2, 0.25) is 0 Å². The number of rotatable bonds is 1. The molecule has 0 fully saturated rings. The SMILES string of the molecule is CC(C)C1=CC[C@@](C)(O)[C@@H](O)C1. The molecular formula is C10H18O2. The first kappa shape index (κ1) is 9.75. The quantitative estimate of drug-likeness (QED) is 0.585. The van der Waals surface area contributed by atoms with Gasteiger partial charge in [-0.2, -0.15) is 0 Å². The number of hydrogen-bond donors (Lipinski definition) is 2. The predicted molar refractivity (Wildman–Crippen MR) is 48.8 cm³/mol. The van der Waals surface area contributed by atoms with E-state index >= 15 is 0 Å². The maximum absolute atomic E-state index is 9.65. The Bertz CT molecular complexity index is 192. The Hall–Kier alpha value is -0.340. The van der Waals surface area contributed by atoms with Crippen molar-refractivity contribution in [1.82, 2.24) is 0 Å². The maximum Gasteiger partial charge on any atom is 0.0914 e. The molecule has 0 heterocycles. The predicted octanol–water partition coefficient (Wildman–Crippen LogP) is 1.47. The van der Waals surface area contributed by atoms with Crippen molar-refractivity contribution < 1.29 is 10.2 Å². The molecule has 0 aromatic heterocycles. The summed E-state index contributed by atoms with van der Waals surface area (Å²) in [6.45, 7) is 5.91. The first-order valence-corrected chi connectivity index (χ1v) is 4.53. The lowest BCUT2D eigenvalue weighted by Gasteiger charge is -2.34. The highest BCUT2D eigenvalue weighted by Gasteiger charge is 2.33. The fourth-order valence-corrected chi connectivity index (χ4v) is 1.47. The van der Waals surface area contributed by atoms with Crippen LogP contribution in [-0.4, -0.2) is 21.9 Å². The second-order valence-electron chi connectivity index (χ2n) is 4.21. The minimum atomic E-state index is -0.918. The molecule has 0 saturated heterocycles. The van der Waals surface area contributed by atoms with Gasteiger partial charge in [-0.25, -0.2) is 0 Å². The summed E-state index contributed by atoms with van der Waals surface area (Å²) in [5.74, 6) is 0.482. The van der Waals surface area contributed by atoms with E-state index in [0.29, 0.717) is 18.8 Å². The van der Waals surface area contributed by atoms with Gasteiger partial charge >= 0.3 is 0 Å². The standard InChI is InChI=1S/C10H18O2/c1-7(2)8-4-5-10(3,12)9(11)6-8/h4,7,9,11-12H,5-6H2,1-3H3/t9-,10+/m0/s1. The van der Waals surface area contributed by atoms with Gasteiger partial charge in [-0.1, -0.05) is 25.5 Å². The second kappa shape index (κ2) is 3.19. The van der Waals surface area contributed by atoms with E-state index in [-0.39, 0.29) is 0 Å². The van der Waals surface area contributed by atoms with Gasteiger partial charge in [-0.05, 0) is 25.7 Å². The Morgan fingerprint density at radius 3 is 2.58 bits per heavy atom. The molecule has 2 nitrogen and oxygen atoms in total. The van der Waals surface area contributed by atoms with Crippen LogP contribution in [0.15, 0.2) is 11.6 Å². The van der Waals surface area contributed by atoms with Crippen LogP contribution in [0.1, 0.15) is 33.6 Å². The van der Waals surface area contributed by atoms with Crippen LogP contribution in [0.3, 0.4) is 0 Å². The molecule has 2 N–H and O–H groups in total. The van der Waals surface area contributed by atoms with Crippen molar-refractivity contribution in [1.29, 1.82) is 0 Å². The summed E-state index contributed by atoms with van der Waals surface area (Å²) in [6, 6.07) is 0. The van der Waals surface area contributed by atoms with Crippen molar-refractivity contribution in [3.8, 4) is 0 Å². The smallest absolute Gasteiger partial charge is 0.0914 e. The summed E-state index contributed by atoms with van der Waals surface area (Å²) >= 11 is 0. The van der Waals surface area contributed by atoms with E-state index in [0.717, 1.165) is 0 Å². The maximum atomic E-state index is 9.65. The van der Waals surface area contributed by atoms with Crippen molar-refractivity contribution >= 4 is 0 Å². The molecule has 2 atom stereocenters. The van der Waals surface area contributed by atoms with Gasteiger partial charge in [0.05, 0.1) is 11.7 Å². The molecule has 0 bridgehead atoms. The highest BCUT2D eigenvalue weighted by Crippen LogP contribution is 2.30. The molecule has 0 saturated carbocycles. The first-order valence-electron chi connectivity index (χ1n) is 4.53. The van der Waals surface area contributed by atoms with Crippen LogP contribution >= 0.6 is 0 Å². The highest BCUT2D eigenvalue weighted by atomic mass is 16.3. The lowest BCUT2D eigenvalue weighted by atomic mass is 9.81. The third-order valence-corrected chi connectivity index (χ3v) is 2.67. The Balaban J connectivity index is 2.71. The molecule has 0 spiro atoms. The minimum absolute atomic E-state index is 0.482. The van der Waals surface area contributed by atoms with Crippen LogP contribution in [0.2, 0.25) is 0 Å². The molecule has 1 rings (SSSR count). The summed E-state index contributed by atoms with van der Waals surface area (Å²) in [5.41, 5.74) is 0.340. The zero-order chi connectivity index (χ0) is 9.35. The third kappa shape index (κ3) is 1.87. The zero-order valence-electron chi connectivity index (χ0n) is 8.04. The molecule has 0 aliphatic heterocycles. The van der Waals surface area contributed by atoms with Gasteiger partial charge in [0, 0.05) is 0 Å². The summed E-state index contributed by atoms with van der Waals surface area (Å²) < 4.78 is 0. The second-order valence-corrected chi connectivity index (χ2v) is 4.21. The largest absolute Gasteiger partial charge is 0.390 e. The monoisotopic (exact) mass is 170 g/mol. The Morgan fingerprint density at radius 2 is 2.17 bits per heavy atom. The topological polar surface area (TPSA) is 40.5 Å². The van der Waals surface area contributed by atoms with E-state index in [2.05, 4.69) is 19.9 Å². The Morgan fingerprint density at radius 1 is 1.58 bits per heavy atom. The average molecular weight is 170 g/mol. The summed E-state index contributed by atoms with van der Waals surface area (Å²) in [4.78, 5) is 0. The van der Waals surface area contributed by atoms with Crippen LogP contribution < -0.4 is 0 Å². The third-order valence-electron chi connectivity index (χ3n) is 2.67. The normalized spacial score (nSPS) is 36.8. The molecule has 0 aromatic rings. The van der Waals surface area contributed by atoms with E-state index in [4.69, 9.17) is 0 Å². The van der Waals surface area contributed by atoms with Crippen molar-refractivity contribution in [2.24, 2.45) is 5.92 Å². The number of aliphatic hydroxyl groups excluding tert-OH is 1. The number of aliphatic hydroxyl groups is 2. The molecular weight excluding hydrogens is 152 g/mol. The van der Waals surface area contributed by atoms with E-state index < -0.39 is 11.7 Å². The average Bonchev–Trinajstić information content (AvgIpc) is 1.94. The van der Waals surface area contributed by atoms with Crippen molar-refractivity contribution in [3.63, 3.8) is 0 Å². The van der Waals surface area contributed by atoms with Crippen LogP contribution in [0.25, 0.3) is 0 Å². The first-order chi connectivity index (χ1) is 5.43. The fourth-order valence-electron chi connectivity index (χ4n) is 1.47. The molecule has 0 radical (unpaired) electrons. The fraction of sp³-hybridized carbons (Fsp3) is 0.800. The van der Waals surface area contributed by atoms with Gasteiger partial charge in [0.1, 0.15) is 0 Å². The van der Waals surface area contributed by atoms with Crippen LogP contribution in [0, 0.1) is 5.92 Å². The lowest BCUT2D eigenvalue weighted by molar-refractivity contribution is -0.0644. The summed E-state index contributed by atoms with van der Waals surface area (Å²) in [6.07, 6.45) is 2.64. The molecule has 1 aliphatic rings. The molecule has 0 aromatic carbocycles. The molecule has 70 valence electrons. The van der Waals surface area contributed by atoms with Crippen molar-refractivity contribution in [3.05, 3.63) is 11.6 Å². The number of hydrogen-bond acceptors (Lipinski definition) is 2. The van der Waals surface area contributed by atoms with Gasteiger partial charge < -0.3 is 10.2 Å². The van der Waals surface area contributed by atoms with E-state index in [1.165, 1.54) is 5.57 Å². The van der Waals surface area contributed by atoms with E-state index in [9.17, 15) is 10.2 Å². The van der Waals surface area contributed by atoms with E-state index in [1.807, 2.05) is 0 Å². The lowest BCUT2D eigenvalue weighted by Crippen LogP contribution is -2.41. The van der Waals surface area contributed by atoms with Gasteiger partial charge in [0.25, 0.3) is 0 Å². The van der Waals surface area contributed by atoms with Crippen LogP contribution in [0.4, 0.5) is 0 Å². The molecule has 0 amide bonds.